The lowest BCUT2D eigenvalue weighted by Crippen LogP contribution is -2.35. The molecule has 2 aromatic rings. The Morgan fingerprint density at radius 2 is 2.19 bits per heavy atom. The number of likely N-dealkylation sites (N-methyl/N-ethyl adjacent to an activating group) is 1. The highest BCUT2D eigenvalue weighted by molar-refractivity contribution is 5.93. The highest BCUT2D eigenvalue weighted by Gasteiger charge is 2.18. The third-order valence-corrected chi connectivity index (χ3v) is 3.32. The monoisotopic (exact) mass is 289 g/mol. The van der Waals surface area contributed by atoms with Gasteiger partial charge in [0.25, 0.3) is 11.5 Å². The first-order valence-corrected chi connectivity index (χ1v) is 6.63. The molecule has 112 valence electrons. The molecule has 0 aliphatic carbocycles. The van der Waals surface area contributed by atoms with E-state index in [-0.39, 0.29) is 17.5 Å². The second kappa shape index (κ2) is 6.41. The number of pyridine rings is 1. The molecule has 2 aromatic heterocycles. The number of nitrogens with one attached hydrogen (secondary N) is 1. The average molecular weight is 289 g/mol. The molecule has 1 amide bonds. The minimum atomic E-state index is -0.272. The molecule has 0 radical (unpaired) electrons. The zero-order valence-corrected chi connectivity index (χ0v) is 12.4. The van der Waals surface area contributed by atoms with E-state index in [4.69, 9.17) is 4.42 Å². The number of hydrogen-bond acceptors (Lipinski definition) is 4. The molecular weight excluding hydrogens is 270 g/mol. The highest BCUT2D eigenvalue weighted by atomic mass is 16.3. The molecule has 0 aliphatic heterocycles. The summed E-state index contributed by atoms with van der Waals surface area (Å²) in [6.45, 7) is 0.397. The lowest BCUT2D eigenvalue weighted by molar-refractivity contribution is 0.0938. The summed E-state index contributed by atoms with van der Waals surface area (Å²) in [6.07, 6.45) is 3.18. The number of aromatic nitrogens is 1. The quantitative estimate of drug-likeness (QED) is 0.892. The Morgan fingerprint density at radius 1 is 1.43 bits per heavy atom. The third-order valence-electron chi connectivity index (χ3n) is 3.32. The van der Waals surface area contributed by atoms with Crippen molar-refractivity contribution in [3.8, 4) is 0 Å². The van der Waals surface area contributed by atoms with Gasteiger partial charge < -0.3 is 14.3 Å². The number of carbonyl (C=O) groups excluding carboxylic acids is 1. The van der Waals surface area contributed by atoms with Gasteiger partial charge in [0.2, 0.25) is 0 Å². The molecular formula is C15H19N3O3. The number of rotatable bonds is 5. The number of amides is 1. The topological polar surface area (TPSA) is 67.5 Å². The second-order valence-corrected chi connectivity index (χ2v) is 5.07. The van der Waals surface area contributed by atoms with Gasteiger partial charge >= 0.3 is 0 Å². The predicted molar refractivity (Wildman–Crippen MR) is 79.2 cm³/mol. The van der Waals surface area contributed by atoms with E-state index in [1.165, 1.54) is 10.6 Å². The zero-order valence-electron chi connectivity index (χ0n) is 12.4. The summed E-state index contributed by atoms with van der Waals surface area (Å²) in [4.78, 5) is 25.6. The van der Waals surface area contributed by atoms with Crippen LogP contribution in [0.5, 0.6) is 0 Å². The summed E-state index contributed by atoms with van der Waals surface area (Å²) in [5.74, 6) is 0.510. The van der Waals surface area contributed by atoms with E-state index in [9.17, 15) is 9.59 Å². The van der Waals surface area contributed by atoms with Gasteiger partial charge in [0.1, 0.15) is 5.76 Å². The van der Waals surface area contributed by atoms with Crippen molar-refractivity contribution in [2.75, 3.05) is 20.6 Å². The van der Waals surface area contributed by atoms with Crippen molar-refractivity contribution in [3.63, 3.8) is 0 Å². The first-order valence-electron chi connectivity index (χ1n) is 6.63. The normalized spacial score (nSPS) is 12.4. The SMILES string of the molecule is CN(C)C(CNC(=O)c1ccn(C)c(=O)c1)c1ccco1. The molecule has 1 unspecified atom stereocenters. The Hall–Kier alpha value is -2.34. The average Bonchev–Trinajstić information content (AvgIpc) is 2.95. The summed E-state index contributed by atoms with van der Waals surface area (Å²) in [5, 5.41) is 2.83. The van der Waals surface area contributed by atoms with E-state index in [1.54, 1.807) is 25.6 Å². The molecule has 21 heavy (non-hydrogen) atoms. The van der Waals surface area contributed by atoms with Crippen LogP contribution >= 0.6 is 0 Å². The van der Waals surface area contributed by atoms with Crippen LogP contribution in [0.1, 0.15) is 22.2 Å². The summed E-state index contributed by atoms with van der Waals surface area (Å²) in [6, 6.07) is 6.57. The van der Waals surface area contributed by atoms with Crippen molar-refractivity contribution in [3.05, 3.63) is 58.4 Å². The molecule has 1 N–H and O–H groups in total. The van der Waals surface area contributed by atoms with Crippen LogP contribution in [0.3, 0.4) is 0 Å². The number of hydrogen-bond donors (Lipinski definition) is 1. The van der Waals surface area contributed by atoms with Crippen molar-refractivity contribution in [1.82, 2.24) is 14.8 Å². The maximum Gasteiger partial charge on any atom is 0.251 e. The number of aryl methyl sites for hydroxylation is 1. The smallest absolute Gasteiger partial charge is 0.251 e. The molecule has 1 atom stereocenters. The number of nitrogens with zero attached hydrogens (tertiary/aromatic N) is 2. The van der Waals surface area contributed by atoms with Gasteiger partial charge in [-0.1, -0.05) is 0 Å². The first-order chi connectivity index (χ1) is 9.99. The van der Waals surface area contributed by atoms with Gasteiger partial charge in [-0.05, 0) is 32.3 Å². The first kappa shape index (κ1) is 15.1. The summed E-state index contributed by atoms with van der Waals surface area (Å²) in [5.41, 5.74) is 0.146. The third kappa shape index (κ3) is 3.61. The van der Waals surface area contributed by atoms with E-state index in [0.29, 0.717) is 12.1 Å². The van der Waals surface area contributed by atoms with E-state index in [2.05, 4.69) is 5.32 Å². The minimum Gasteiger partial charge on any atom is -0.468 e. The van der Waals surface area contributed by atoms with Gasteiger partial charge in [-0.15, -0.1) is 0 Å². The minimum absolute atomic E-state index is 0.0597. The zero-order chi connectivity index (χ0) is 15.4. The van der Waals surface area contributed by atoms with E-state index in [1.807, 2.05) is 31.1 Å². The Bertz CT molecular complexity index is 659. The lowest BCUT2D eigenvalue weighted by Gasteiger charge is -2.22. The molecule has 2 heterocycles. The van der Waals surface area contributed by atoms with Crippen LogP contribution in [0.2, 0.25) is 0 Å². The van der Waals surface area contributed by atoms with E-state index in [0.717, 1.165) is 5.76 Å². The van der Waals surface area contributed by atoms with Gasteiger partial charge in [-0.25, -0.2) is 0 Å². The highest BCUT2D eigenvalue weighted by Crippen LogP contribution is 2.17. The Kier molecular flexibility index (Phi) is 4.59. The van der Waals surface area contributed by atoms with Crippen LogP contribution < -0.4 is 10.9 Å². The van der Waals surface area contributed by atoms with Crippen LogP contribution in [0.4, 0.5) is 0 Å². The molecule has 0 spiro atoms. The van der Waals surface area contributed by atoms with Crippen molar-refractivity contribution in [1.29, 1.82) is 0 Å². The van der Waals surface area contributed by atoms with Crippen molar-refractivity contribution in [2.45, 2.75) is 6.04 Å². The van der Waals surface area contributed by atoms with E-state index >= 15 is 0 Å². The van der Waals surface area contributed by atoms with Crippen molar-refractivity contribution >= 4 is 5.91 Å². The van der Waals surface area contributed by atoms with Gasteiger partial charge in [-0.2, -0.15) is 0 Å². The van der Waals surface area contributed by atoms with Gasteiger partial charge in [0, 0.05) is 31.4 Å². The molecule has 0 aromatic carbocycles. The number of carbonyl (C=O) groups is 1. The van der Waals surface area contributed by atoms with Crippen LogP contribution in [-0.4, -0.2) is 36.0 Å². The molecule has 0 fully saturated rings. The molecule has 0 saturated carbocycles. The lowest BCUT2D eigenvalue weighted by atomic mass is 10.2. The second-order valence-electron chi connectivity index (χ2n) is 5.07. The largest absolute Gasteiger partial charge is 0.468 e. The Labute approximate surface area is 123 Å². The van der Waals surface area contributed by atoms with Crippen LogP contribution in [0.15, 0.2) is 45.9 Å². The molecule has 2 rings (SSSR count). The van der Waals surface area contributed by atoms with Gasteiger partial charge in [0.15, 0.2) is 0 Å². The fourth-order valence-electron chi connectivity index (χ4n) is 2.00. The fourth-order valence-corrected chi connectivity index (χ4v) is 2.00. The standard InChI is InChI=1S/C15H19N3O3/c1-17(2)12(13-5-4-8-21-13)10-16-15(20)11-6-7-18(3)14(19)9-11/h4-9,12H,10H2,1-3H3,(H,16,20). The maximum atomic E-state index is 12.1. The van der Waals surface area contributed by atoms with Crippen LogP contribution in [-0.2, 0) is 7.05 Å². The van der Waals surface area contributed by atoms with Gasteiger partial charge in [0.05, 0.1) is 12.3 Å². The van der Waals surface area contributed by atoms with Crippen LogP contribution in [0, 0.1) is 0 Å². The molecule has 6 heteroatoms. The molecule has 0 bridgehead atoms. The van der Waals surface area contributed by atoms with Crippen LogP contribution in [0.25, 0.3) is 0 Å². The maximum absolute atomic E-state index is 12.1. The summed E-state index contributed by atoms with van der Waals surface area (Å²) >= 11 is 0. The summed E-state index contributed by atoms with van der Waals surface area (Å²) < 4.78 is 6.80. The van der Waals surface area contributed by atoms with Crippen molar-refractivity contribution in [2.24, 2.45) is 7.05 Å². The van der Waals surface area contributed by atoms with Crippen molar-refractivity contribution < 1.29 is 9.21 Å². The Balaban J connectivity index is 2.05. The fraction of sp³-hybridized carbons (Fsp3) is 0.333. The molecule has 0 aliphatic rings. The molecule has 6 nitrogen and oxygen atoms in total. The summed E-state index contributed by atoms with van der Waals surface area (Å²) in [7, 11) is 5.47. The molecule has 0 saturated heterocycles. The number of furan rings is 1. The van der Waals surface area contributed by atoms with Gasteiger partial charge in [-0.3, -0.25) is 14.5 Å². The predicted octanol–water partition coefficient (Wildman–Crippen LogP) is 1.01. The van der Waals surface area contributed by atoms with E-state index < -0.39 is 0 Å². The Morgan fingerprint density at radius 3 is 2.76 bits per heavy atom.